The lowest BCUT2D eigenvalue weighted by Gasteiger charge is -2.41. The Labute approximate surface area is 113 Å². The summed E-state index contributed by atoms with van der Waals surface area (Å²) in [4.78, 5) is 30.0. The summed E-state index contributed by atoms with van der Waals surface area (Å²) in [5.74, 6) is -0.174. The van der Waals surface area contributed by atoms with E-state index in [-0.39, 0.29) is 11.8 Å². The molecule has 5 nitrogen and oxygen atoms in total. The molecule has 1 atom stereocenters. The van der Waals surface area contributed by atoms with Gasteiger partial charge in [-0.2, -0.15) is 0 Å². The van der Waals surface area contributed by atoms with Gasteiger partial charge in [0.1, 0.15) is 11.6 Å². The highest BCUT2D eigenvalue weighted by Crippen LogP contribution is 2.21. The van der Waals surface area contributed by atoms with Crippen LogP contribution in [-0.4, -0.2) is 33.3 Å². The molecule has 0 aromatic carbocycles. The predicted octanol–water partition coefficient (Wildman–Crippen LogP) is 1.02. The zero-order valence-corrected chi connectivity index (χ0v) is 11.7. The van der Waals surface area contributed by atoms with Crippen LogP contribution in [0.15, 0.2) is 18.5 Å². The van der Waals surface area contributed by atoms with Crippen molar-refractivity contribution in [3.05, 3.63) is 29.6 Å². The Balaban J connectivity index is 2.29. The van der Waals surface area contributed by atoms with Crippen LogP contribution in [0, 0.1) is 6.92 Å². The van der Waals surface area contributed by atoms with Crippen molar-refractivity contribution in [2.75, 3.05) is 0 Å². The number of hydrogen-bond donors (Lipinski definition) is 1. The lowest BCUT2D eigenvalue weighted by Crippen LogP contribution is -2.67. The molecule has 102 valence electrons. The van der Waals surface area contributed by atoms with Crippen molar-refractivity contribution >= 4 is 11.8 Å². The first-order valence-corrected chi connectivity index (χ1v) is 6.35. The van der Waals surface area contributed by atoms with Crippen molar-refractivity contribution in [3.63, 3.8) is 0 Å². The Bertz CT molecular complexity index is 525. The number of pyridine rings is 1. The van der Waals surface area contributed by atoms with Gasteiger partial charge in [0.05, 0.1) is 0 Å². The summed E-state index contributed by atoms with van der Waals surface area (Å²) in [5.41, 5.74) is 1.19. The average molecular weight is 261 g/mol. The van der Waals surface area contributed by atoms with Gasteiger partial charge in [-0.1, -0.05) is 0 Å². The fourth-order valence-corrected chi connectivity index (χ4v) is 2.21. The van der Waals surface area contributed by atoms with Crippen LogP contribution < -0.4 is 5.32 Å². The van der Waals surface area contributed by atoms with E-state index in [4.69, 9.17) is 0 Å². The number of carbonyl (C=O) groups excluding carboxylic acids is 2. The SMILES string of the molecule is Cc1cnccc1CN1C(=O)C(C)(C)NC(=O)C1C. The van der Waals surface area contributed by atoms with Gasteiger partial charge in [-0.15, -0.1) is 0 Å². The van der Waals surface area contributed by atoms with Gasteiger partial charge in [0.25, 0.3) is 0 Å². The smallest absolute Gasteiger partial charge is 0.248 e. The number of amides is 2. The molecule has 1 aromatic heterocycles. The van der Waals surface area contributed by atoms with Crippen molar-refractivity contribution in [1.82, 2.24) is 15.2 Å². The summed E-state index contributed by atoms with van der Waals surface area (Å²) in [5, 5.41) is 2.74. The van der Waals surface area contributed by atoms with E-state index in [2.05, 4.69) is 10.3 Å². The molecule has 2 heterocycles. The van der Waals surface area contributed by atoms with Crippen LogP contribution in [0.4, 0.5) is 0 Å². The van der Waals surface area contributed by atoms with Crippen molar-refractivity contribution in [2.24, 2.45) is 0 Å². The Morgan fingerprint density at radius 2 is 2.11 bits per heavy atom. The number of piperazine rings is 1. The minimum absolute atomic E-state index is 0.0594. The number of nitrogens with zero attached hydrogens (tertiary/aromatic N) is 2. The van der Waals surface area contributed by atoms with Crippen molar-refractivity contribution in [1.29, 1.82) is 0 Å². The summed E-state index contributed by atoms with van der Waals surface area (Å²) < 4.78 is 0. The molecule has 2 rings (SSSR count). The summed E-state index contributed by atoms with van der Waals surface area (Å²) in [6.45, 7) is 7.59. The monoisotopic (exact) mass is 261 g/mol. The molecule has 0 saturated carbocycles. The third-order valence-corrected chi connectivity index (χ3v) is 3.56. The molecule has 1 unspecified atom stereocenters. The second-order valence-corrected chi connectivity index (χ2v) is 5.53. The molecule has 0 aliphatic carbocycles. The number of carbonyl (C=O) groups is 2. The van der Waals surface area contributed by atoms with Gasteiger partial charge in [-0.25, -0.2) is 0 Å². The van der Waals surface area contributed by atoms with Crippen molar-refractivity contribution in [2.45, 2.75) is 45.8 Å². The van der Waals surface area contributed by atoms with Crippen LogP contribution in [-0.2, 0) is 16.1 Å². The van der Waals surface area contributed by atoms with Crippen molar-refractivity contribution in [3.8, 4) is 0 Å². The molecule has 1 fully saturated rings. The third kappa shape index (κ3) is 2.45. The highest BCUT2D eigenvalue weighted by atomic mass is 16.2. The second-order valence-electron chi connectivity index (χ2n) is 5.53. The first kappa shape index (κ1) is 13.5. The van der Waals surface area contributed by atoms with E-state index >= 15 is 0 Å². The largest absolute Gasteiger partial charge is 0.340 e. The van der Waals surface area contributed by atoms with Gasteiger partial charge in [0, 0.05) is 18.9 Å². The Morgan fingerprint density at radius 1 is 1.42 bits per heavy atom. The lowest BCUT2D eigenvalue weighted by molar-refractivity contribution is -0.153. The standard InChI is InChI=1S/C14H19N3O2/c1-9-7-15-6-5-11(9)8-17-10(2)12(18)16-14(3,4)13(17)19/h5-7,10H,8H2,1-4H3,(H,16,18). The minimum atomic E-state index is -0.843. The van der Waals surface area contributed by atoms with Gasteiger partial charge in [0.2, 0.25) is 11.8 Å². The van der Waals surface area contributed by atoms with Crippen LogP contribution in [0.2, 0.25) is 0 Å². The molecule has 5 heteroatoms. The molecule has 1 N–H and O–H groups in total. The normalized spacial score (nSPS) is 22.3. The van der Waals surface area contributed by atoms with E-state index in [1.54, 1.807) is 38.1 Å². The van der Waals surface area contributed by atoms with Crippen molar-refractivity contribution < 1.29 is 9.59 Å². The Hall–Kier alpha value is -1.91. The van der Waals surface area contributed by atoms with E-state index < -0.39 is 11.6 Å². The molecule has 0 radical (unpaired) electrons. The molecular formula is C14H19N3O2. The van der Waals surface area contributed by atoms with Gasteiger partial charge >= 0.3 is 0 Å². The summed E-state index contributed by atoms with van der Waals surface area (Å²) in [6, 6.07) is 1.43. The van der Waals surface area contributed by atoms with E-state index in [0.29, 0.717) is 6.54 Å². The number of aryl methyl sites for hydroxylation is 1. The molecule has 0 spiro atoms. The lowest BCUT2D eigenvalue weighted by atomic mass is 9.96. The number of hydrogen-bond acceptors (Lipinski definition) is 3. The first-order chi connectivity index (χ1) is 8.83. The molecule has 1 aliphatic heterocycles. The fraction of sp³-hybridized carbons (Fsp3) is 0.500. The average Bonchev–Trinajstić information content (AvgIpc) is 2.34. The first-order valence-electron chi connectivity index (χ1n) is 6.35. The number of rotatable bonds is 2. The summed E-state index contributed by atoms with van der Waals surface area (Å²) in [7, 11) is 0. The molecule has 1 aliphatic rings. The highest BCUT2D eigenvalue weighted by molar-refractivity contribution is 5.99. The second kappa shape index (κ2) is 4.64. The van der Waals surface area contributed by atoms with Crippen LogP contribution in [0.5, 0.6) is 0 Å². The van der Waals surface area contributed by atoms with Gasteiger partial charge in [0.15, 0.2) is 0 Å². The van der Waals surface area contributed by atoms with E-state index in [9.17, 15) is 9.59 Å². The van der Waals surface area contributed by atoms with E-state index in [1.165, 1.54) is 0 Å². The summed E-state index contributed by atoms with van der Waals surface area (Å²) in [6.07, 6.45) is 3.46. The molecule has 1 aromatic rings. The van der Waals surface area contributed by atoms with E-state index in [1.807, 2.05) is 13.0 Å². The van der Waals surface area contributed by atoms with E-state index in [0.717, 1.165) is 11.1 Å². The minimum Gasteiger partial charge on any atom is -0.340 e. The van der Waals surface area contributed by atoms with Gasteiger partial charge in [-0.3, -0.25) is 14.6 Å². The maximum atomic E-state index is 12.4. The van der Waals surface area contributed by atoms with Crippen LogP contribution in [0.1, 0.15) is 31.9 Å². The topological polar surface area (TPSA) is 62.3 Å². The highest BCUT2D eigenvalue weighted by Gasteiger charge is 2.43. The fourth-order valence-electron chi connectivity index (χ4n) is 2.21. The Kier molecular flexibility index (Phi) is 3.30. The van der Waals surface area contributed by atoms with Crippen LogP contribution in [0.25, 0.3) is 0 Å². The van der Waals surface area contributed by atoms with Gasteiger partial charge in [-0.05, 0) is 44.9 Å². The predicted molar refractivity (Wildman–Crippen MR) is 71.2 cm³/mol. The van der Waals surface area contributed by atoms with Gasteiger partial charge < -0.3 is 10.2 Å². The zero-order chi connectivity index (χ0) is 14.2. The summed E-state index contributed by atoms with van der Waals surface area (Å²) >= 11 is 0. The molecule has 0 bridgehead atoms. The molecular weight excluding hydrogens is 242 g/mol. The Morgan fingerprint density at radius 3 is 2.74 bits per heavy atom. The maximum absolute atomic E-state index is 12.4. The number of nitrogens with one attached hydrogen (secondary N) is 1. The van der Waals surface area contributed by atoms with Crippen LogP contribution in [0.3, 0.4) is 0 Å². The maximum Gasteiger partial charge on any atom is 0.248 e. The quantitative estimate of drug-likeness (QED) is 0.864. The molecule has 1 saturated heterocycles. The molecule has 2 amide bonds. The third-order valence-electron chi connectivity index (χ3n) is 3.56. The molecule has 19 heavy (non-hydrogen) atoms. The zero-order valence-electron chi connectivity index (χ0n) is 11.7. The van der Waals surface area contributed by atoms with Crippen LogP contribution >= 0.6 is 0 Å². The number of aromatic nitrogens is 1.